The number of likely N-dealkylation sites (tertiary alicyclic amines) is 1. The minimum Gasteiger partial charge on any atom is -0.339 e. The van der Waals surface area contributed by atoms with Gasteiger partial charge in [0, 0.05) is 18.5 Å². The summed E-state index contributed by atoms with van der Waals surface area (Å²) in [6, 6.07) is 0.548. The molecule has 1 saturated heterocycles. The van der Waals surface area contributed by atoms with E-state index in [9.17, 15) is 4.79 Å². The fraction of sp³-hybridized carbons (Fsp3) is 0.923. The molecular formula is C13H23NO. The first-order valence-electron chi connectivity index (χ1n) is 6.63. The molecule has 0 radical (unpaired) electrons. The van der Waals surface area contributed by atoms with Crippen molar-refractivity contribution in [2.24, 2.45) is 5.92 Å². The van der Waals surface area contributed by atoms with Crippen LogP contribution in [0.2, 0.25) is 0 Å². The summed E-state index contributed by atoms with van der Waals surface area (Å²) >= 11 is 0. The number of nitrogens with zero attached hydrogens (tertiary/aromatic N) is 1. The van der Waals surface area contributed by atoms with E-state index in [-0.39, 0.29) is 0 Å². The zero-order valence-electron chi connectivity index (χ0n) is 9.87. The van der Waals surface area contributed by atoms with Crippen molar-refractivity contribution in [1.29, 1.82) is 0 Å². The average molecular weight is 209 g/mol. The van der Waals surface area contributed by atoms with Gasteiger partial charge >= 0.3 is 0 Å². The predicted molar refractivity (Wildman–Crippen MR) is 61.6 cm³/mol. The summed E-state index contributed by atoms with van der Waals surface area (Å²) in [4.78, 5) is 14.5. The molecule has 2 heteroatoms. The van der Waals surface area contributed by atoms with Gasteiger partial charge in [0.05, 0.1) is 0 Å². The molecule has 1 aliphatic heterocycles. The van der Waals surface area contributed by atoms with E-state index in [1.54, 1.807) is 0 Å². The molecule has 86 valence electrons. The lowest BCUT2D eigenvalue weighted by molar-refractivity contribution is -0.139. The van der Waals surface area contributed by atoms with Crippen LogP contribution in [0.5, 0.6) is 0 Å². The Morgan fingerprint density at radius 3 is 2.47 bits per heavy atom. The molecule has 2 nitrogen and oxygen atoms in total. The van der Waals surface area contributed by atoms with Gasteiger partial charge < -0.3 is 4.90 Å². The topological polar surface area (TPSA) is 20.3 Å². The van der Waals surface area contributed by atoms with Crippen LogP contribution in [0.3, 0.4) is 0 Å². The smallest absolute Gasteiger partial charge is 0.225 e. The van der Waals surface area contributed by atoms with Crippen LogP contribution in [-0.4, -0.2) is 23.4 Å². The van der Waals surface area contributed by atoms with E-state index in [4.69, 9.17) is 0 Å². The molecule has 1 heterocycles. The van der Waals surface area contributed by atoms with Crippen molar-refractivity contribution in [2.75, 3.05) is 6.54 Å². The first-order valence-corrected chi connectivity index (χ1v) is 6.63. The van der Waals surface area contributed by atoms with Crippen LogP contribution in [-0.2, 0) is 4.79 Å². The van der Waals surface area contributed by atoms with Crippen molar-refractivity contribution in [1.82, 2.24) is 4.90 Å². The molecule has 2 rings (SSSR count). The fourth-order valence-corrected chi connectivity index (χ4v) is 3.12. The Kier molecular flexibility index (Phi) is 3.66. The van der Waals surface area contributed by atoms with Gasteiger partial charge in [-0.1, -0.05) is 19.8 Å². The minimum atomic E-state index is 0.372. The Balaban J connectivity index is 1.96. The average Bonchev–Trinajstić information content (AvgIpc) is 2.81. The van der Waals surface area contributed by atoms with Crippen molar-refractivity contribution in [3.05, 3.63) is 0 Å². The number of carbonyl (C=O) groups excluding carboxylic acids is 1. The summed E-state index contributed by atoms with van der Waals surface area (Å²) in [7, 11) is 0. The molecule has 0 bridgehead atoms. The molecule has 1 unspecified atom stereocenters. The van der Waals surface area contributed by atoms with Crippen LogP contribution < -0.4 is 0 Å². The quantitative estimate of drug-likeness (QED) is 0.684. The summed E-state index contributed by atoms with van der Waals surface area (Å²) in [6.07, 6.45) is 9.72. The molecule has 0 aromatic carbocycles. The van der Waals surface area contributed by atoms with E-state index in [2.05, 4.69) is 11.8 Å². The molecule has 0 aromatic rings. The Hall–Kier alpha value is -0.530. The molecule has 1 saturated carbocycles. The lowest BCUT2D eigenvalue weighted by Gasteiger charge is -2.37. The van der Waals surface area contributed by atoms with Gasteiger partial charge in [0.1, 0.15) is 0 Å². The van der Waals surface area contributed by atoms with Crippen LogP contribution >= 0.6 is 0 Å². The van der Waals surface area contributed by atoms with E-state index in [1.807, 2.05) is 0 Å². The second kappa shape index (κ2) is 5.00. The van der Waals surface area contributed by atoms with Gasteiger partial charge in [-0.05, 0) is 38.5 Å². The maximum Gasteiger partial charge on any atom is 0.225 e. The van der Waals surface area contributed by atoms with E-state index < -0.39 is 0 Å². The summed E-state index contributed by atoms with van der Waals surface area (Å²) in [5, 5.41) is 0. The third kappa shape index (κ3) is 2.35. The molecule has 1 aliphatic carbocycles. The van der Waals surface area contributed by atoms with Crippen LogP contribution in [0.15, 0.2) is 0 Å². The first kappa shape index (κ1) is 11.0. The van der Waals surface area contributed by atoms with E-state index in [1.165, 1.54) is 32.1 Å². The van der Waals surface area contributed by atoms with Crippen molar-refractivity contribution in [3.8, 4) is 0 Å². The Labute approximate surface area is 93.0 Å². The highest BCUT2D eigenvalue weighted by molar-refractivity contribution is 5.79. The van der Waals surface area contributed by atoms with Crippen LogP contribution in [0.25, 0.3) is 0 Å². The maximum atomic E-state index is 12.3. The van der Waals surface area contributed by atoms with E-state index in [0.29, 0.717) is 17.9 Å². The van der Waals surface area contributed by atoms with E-state index >= 15 is 0 Å². The fourth-order valence-electron chi connectivity index (χ4n) is 3.12. The molecule has 2 aliphatic rings. The van der Waals surface area contributed by atoms with Crippen molar-refractivity contribution in [2.45, 2.75) is 64.3 Å². The zero-order chi connectivity index (χ0) is 10.7. The highest BCUT2D eigenvalue weighted by Gasteiger charge is 2.31. The SMILES string of the molecule is CCC1CCCCN1C(=O)C1CCCC1. The van der Waals surface area contributed by atoms with E-state index in [0.717, 1.165) is 25.8 Å². The molecular weight excluding hydrogens is 186 g/mol. The lowest BCUT2D eigenvalue weighted by atomic mass is 9.97. The highest BCUT2D eigenvalue weighted by atomic mass is 16.2. The number of hydrogen-bond acceptors (Lipinski definition) is 1. The molecule has 0 spiro atoms. The lowest BCUT2D eigenvalue weighted by Crippen LogP contribution is -2.45. The van der Waals surface area contributed by atoms with Gasteiger partial charge in [-0.3, -0.25) is 4.79 Å². The molecule has 1 amide bonds. The van der Waals surface area contributed by atoms with Gasteiger partial charge in [-0.25, -0.2) is 0 Å². The van der Waals surface area contributed by atoms with Gasteiger partial charge in [0.2, 0.25) is 5.91 Å². The van der Waals surface area contributed by atoms with Gasteiger partial charge in [-0.15, -0.1) is 0 Å². The van der Waals surface area contributed by atoms with Gasteiger partial charge in [-0.2, -0.15) is 0 Å². The summed E-state index contributed by atoms with van der Waals surface area (Å²) in [5.41, 5.74) is 0. The number of piperidine rings is 1. The van der Waals surface area contributed by atoms with Crippen molar-refractivity contribution < 1.29 is 4.79 Å². The highest BCUT2D eigenvalue weighted by Crippen LogP contribution is 2.29. The third-order valence-corrected chi connectivity index (χ3v) is 4.09. The monoisotopic (exact) mass is 209 g/mol. The van der Waals surface area contributed by atoms with Crippen LogP contribution in [0.4, 0.5) is 0 Å². The van der Waals surface area contributed by atoms with Gasteiger partial charge in [0.15, 0.2) is 0 Å². The summed E-state index contributed by atoms with van der Waals surface area (Å²) in [5.74, 6) is 0.844. The largest absolute Gasteiger partial charge is 0.339 e. The summed E-state index contributed by atoms with van der Waals surface area (Å²) < 4.78 is 0. The van der Waals surface area contributed by atoms with Crippen molar-refractivity contribution >= 4 is 5.91 Å². The number of hydrogen-bond donors (Lipinski definition) is 0. The Morgan fingerprint density at radius 1 is 1.13 bits per heavy atom. The molecule has 15 heavy (non-hydrogen) atoms. The minimum absolute atomic E-state index is 0.372. The first-order chi connectivity index (χ1) is 7.33. The van der Waals surface area contributed by atoms with Crippen molar-refractivity contribution in [3.63, 3.8) is 0 Å². The van der Waals surface area contributed by atoms with Crippen LogP contribution in [0, 0.1) is 5.92 Å². The third-order valence-electron chi connectivity index (χ3n) is 4.09. The number of amides is 1. The molecule has 1 atom stereocenters. The predicted octanol–water partition coefficient (Wildman–Crippen LogP) is 2.97. The molecule has 0 aromatic heterocycles. The number of rotatable bonds is 2. The number of carbonyl (C=O) groups is 1. The maximum absolute atomic E-state index is 12.3. The normalized spacial score (nSPS) is 28.3. The van der Waals surface area contributed by atoms with Gasteiger partial charge in [0.25, 0.3) is 0 Å². The Bertz CT molecular complexity index is 221. The second-order valence-electron chi connectivity index (χ2n) is 5.07. The summed E-state index contributed by atoms with van der Waals surface area (Å²) in [6.45, 7) is 3.23. The van der Waals surface area contributed by atoms with Crippen LogP contribution in [0.1, 0.15) is 58.3 Å². The zero-order valence-corrected chi connectivity index (χ0v) is 9.87. The second-order valence-corrected chi connectivity index (χ2v) is 5.07. The molecule has 2 fully saturated rings. The standard InChI is InChI=1S/C13H23NO/c1-2-12-9-5-6-10-14(12)13(15)11-7-3-4-8-11/h11-12H,2-10H2,1H3. The molecule has 0 N–H and O–H groups in total. The Morgan fingerprint density at radius 2 is 1.80 bits per heavy atom.